The van der Waals surface area contributed by atoms with Gasteiger partial charge < -0.3 is 14.9 Å². The van der Waals surface area contributed by atoms with E-state index in [-0.39, 0.29) is 23.8 Å². The van der Waals surface area contributed by atoms with Crippen molar-refractivity contribution in [3.8, 4) is 18.1 Å². The van der Waals surface area contributed by atoms with Crippen LogP contribution in [0, 0.1) is 18.3 Å². The molecule has 6 heteroatoms. The fourth-order valence-electron chi connectivity index (χ4n) is 2.78. The molecular weight excluding hydrogens is 316 g/mol. The first-order valence-electron chi connectivity index (χ1n) is 8.76. The van der Waals surface area contributed by atoms with Crippen molar-refractivity contribution >= 4 is 0 Å². The molecule has 24 heavy (non-hydrogen) atoms. The highest BCUT2D eigenvalue weighted by atomic mass is 19.3. The number of nitrogens with zero attached hydrogens (tertiary/aromatic N) is 1. The Balaban J connectivity index is 2.35. The van der Waals surface area contributed by atoms with Gasteiger partial charge in [0.1, 0.15) is 5.75 Å². The van der Waals surface area contributed by atoms with Crippen LogP contribution in [0.5, 0.6) is 5.75 Å². The molecule has 0 spiro atoms. The van der Waals surface area contributed by atoms with Crippen molar-refractivity contribution in [1.82, 2.24) is 4.90 Å². The van der Waals surface area contributed by atoms with Crippen LogP contribution >= 0.6 is 0 Å². The Hall–Kier alpha value is -1.68. The molecule has 1 fully saturated rings. The highest BCUT2D eigenvalue weighted by Crippen LogP contribution is 2.30. The van der Waals surface area contributed by atoms with Gasteiger partial charge in [-0.1, -0.05) is 12.0 Å². The Bertz CT molecular complexity index is 677. The Morgan fingerprint density at radius 2 is 2.33 bits per heavy atom. The summed E-state index contributed by atoms with van der Waals surface area (Å²) in [6.45, 7) is -3.60. The van der Waals surface area contributed by atoms with Gasteiger partial charge in [0.2, 0.25) is 0 Å². The van der Waals surface area contributed by atoms with Crippen LogP contribution in [0.25, 0.3) is 0 Å². The Kier molecular flexibility index (Phi) is 5.23. The van der Waals surface area contributed by atoms with E-state index in [1.807, 2.05) is 0 Å². The lowest BCUT2D eigenvalue weighted by Gasteiger charge is -2.39. The fraction of sp³-hybridized carbons (Fsp3) is 0.556. The maximum atomic E-state index is 12.8. The summed E-state index contributed by atoms with van der Waals surface area (Å²) in [6.07, 6.45) is 6.52. The molecule has 0 bridgehead atoms. The third kappa shape index (κ3) is 4.67. The molecule has 1 aromatic carbocycles. The largest absolute Gasteiger partial charge is 0.434 e. The second kappa shape index (κ2) is 7.93. The van der Waals surface area contributed by atoms with Gasteiger partial charge in [-0.15, -0.1) is 6.42 Å². The molecule has 1 heterocycles. The number of rotatable bonds is 6. The molecule has 0 unspecified atom stereocenters. The minimum absolute atomic E-state index is 0.0545. The molecule has 132 valence electrons. The number of likely N-dealkylation sites (tertiary alicyclic amines) is 1. The molecule has 1 saturated heterocycles. The zero-order chi connectivity index (χ0) is 19.5. The van der Waals surface area contributed by atoms with E-state index in [0.717, 1.165) is 0 Å². The maximum absolute atomic E-state index is 12.8. The third-order valence-corrected chi connectivity index (χ3v) is 4.26. The second-order valence-electron chi connectivity index (χ2n) is 6.15. The van der Waals surface area contributed by atoms with Crippen LogP contribution in [-0.4, -0.2) is 47.0 Å². The molecular formula is C18H23F2NO3. The van der Waals surface area contributed by atoms with E-state index < -0.39 is 25.3 Å². The first-order valence-corrected chi connectivity index (χ1v) is 7.76. The van der Waals surface area contributed by atoms with E-state index in [1.54, 1.807) is 0 Å². The van der Waals surface area contributed by atoms with Crippen LogP contribution in [0.2, 0.25) is 0 Å². The number of hydrogen-bond donors (Lipinski definition) is 2. The van der Waals surface area contributed by atoms with Gasteiger partial charge in [0.15, 0.2) is 0 Å². The summed E-state index contributed by atoms with van der Waals surface area (Å²) >= 11 is 0. The quantitative estimate of drug-likeness (QED) is 0.779. The van der Waals surface area contributed by atoms with Gasteiger partial charge in [-0.3, -0.25) is 4.90 Å². The van der Waals surface area contributed by atoms with Crippen LogP contribution in [0.15, 0.2) is 18.2 Å². The minimum Gasteiger partial charge on any atom is -0.434 e. The van der Waals surface area contributed by atoms with Gasteiger partial charge in [0.25, 0.3) is 0 Å². The van der Waals surface area contributed by atoms with Crippen molar-refractivity contribution in [2.45, 2.75) is 38.5 Å². The number of piperidine rings is 1. The number of terminal acetylenes is 1. The molecule has 2 N–H and O–H groups in total. The number of ether oxygens (including phenoxy) is 1. The fourth-order valence-corrected chi connectivity index (χ4v) is 2.78. The van der Waals surface area contributed by atoms with Gasteiger partial charge in [0.05, 0.1) is 12.2 Å². The van der Waals surface area contributed by atoms with Crippen molar-refractivity contribution in [3.63, 3.8) is 0 Å². The Labute approximate surface area is 143 Å². The van der Waals surface area contributed by atoms with Crippen LogP contribution in [0.1, 0.15) is 33.6 Å². The number of aliphatic hydroxyl groups excluding tert-OH is 1. The van der Waals surface area contributed by atoms with Crippen molar-refractivity contribution in [2.24, 2.45) is 5.92 Å². The number of aliphatic hydroxyl groups is 2. The SMILES string of the molecule is [2H]C([2H])(c1ccc(C#C)cc1OC(F)F)N1CCC[C@H]([C@](C)(O)CO)C1. The predicted molar refractivity (Wildman–Crippen MR) is 86.7 cm³/mol. The number of halogens is 2. The first-order chi connectivity index (χ1) is 12.1. The van der Waals surface area contributed by atoms with Crippen molar-refractivity contribution < 1.29 is 26.5 Å². The van der Waals surface area contributed by atoms with Crippen LogP contribution in [0.4, 0.5) is 8.78 Å². The molecule has 0 aliphatic carbocycles. The van der Waals surface area contributed by atoms with Crippen molar-refractivity contribution in [1.29, 1.82) is 0 Å². The van der Waals surface area contributed by atoms with Gasteiger partial charge in [0, 0.05) is 32.8 Å². The van der Waals surface area contributed by atoms with E-state index in [1.165, 1.54) is 30.0 Å². The molecule has 0 radical (unpaired) electrons. The first kappa shape index (κ1) is 15.8. The van der Waals surface area contributed by atoms with Crippen LogP contribution in [-0.2, 0) is 6.50 Å². The van der Waals surface area contributed by atoms with E-state index >= 15 is 0 Å². The number of benzene rings is 1. The molecule has 0 amide bonds. The lowest BCUT2D eigenvalue weighted by atomic mass is 9.83. The summed E-state index contributed by atoms with van der Waals surface area (Å²) < 4.78 is 47.0. The predicted octanol–water partition coefficient (Wildman–Crippen LogP) is 2.22. The van der Waals surface area contributed by atoms with Gasteiger partial charge in [-0.05, 0) is 38.4 Å². The molecule has 1 aromatic rings. The molecule has 0 aromatic heterocycles. The molecule has 1 aliphatic heterocycles. The molecule has 1 aliphatic rings. The van der Waals surface area contributed by atoms with E-state index in [9.17, 15) is 19.0 Å². The third-order valence-electron chi connectivity index (χ3n) is 4.26. The standard InChI is InChI=1S/C18H23F2NO3/c1-3-13-6-7-14(16(9-13)24-17(19)20)10-21-8-4-5-15(11-21)18(2,23)12-22/h1,6-7,9,15,17,22-23H,4-5,8,10-12H2,2H3/t15-,18+/m0/s1/i10D2. The monoisotopic (exact) mass is 341 g/mol. The summed E-state index contributed by atoms with van der Waals surface area (Å²) in [5, 5.41) is 19.7. The lowest BCUT2D eigenvalue weighted by Crippen LogP contribution is -2.47. The van der Waals surface area contributed by atoms with Crippen molar-refractivity contribution in [2.75, 3.05) is 19.7 Å². The smallest absolute Gasteiger partial charge is 0.387 e. The minimum atomic E-state index is -3.11. The summed E-state index contributed by atoms with van der Waals surface area (Å²) in [6, 6.07) is 4.03. The summed E-state index contributed by atoms with van der Waals surface area (Å²) in [5.74, 6) is 1.66. The Morgan fingerprint density at radius 3 is 2.96 bits per heavy atom. The summed E-state index contributed by atoms with van der Waals surface area (Å²) in [4.78, 5) is 1.47. The second-order valence-corrected chi connectivity index (χ2v) is 6.15. The molecule has 0 saturated carbocycles. The zero-order valence-electron chi connectivity index (χ0n) is 15.5. The number of hydrogen-bond acceptors (Lipinski definition) is 4. The number of alkyl halides is 2. The van der Waals surface area contributed by atoms with Gasteiger partial charge in [-0.25, -0.2) is 0 Å². The summed E-state index contributed by atoms with van der Waals surface area (Å²) in [7, 11) is 0. The van der Waals surface area contributed by atoms with Crippen molar-refractivity contribution in [3.05, 3.63) is 29.3 Å². The maximum Gasteiger partial charge on any atom is 0.387 e. The average Bonchev–Trinajstić information content (AvgIpc) is 2.61. The molecule has 2 rings (SSSR count). The van der Waals surface area contributed by atoms with E-state index in [2.05, 4.69) is 10.7 Å². The molecule has 2 atom stereocenters. The lowest BCUT2D eigenvalue weighted by molar-refractivity contribution is -0.0702. The Morgan fingerprint density at radius 1 is 1.58 bits per heavy atom. The van der Waals surface area contributed by atoms with Crippen LogP contribution in [0.3, 0.4) is 0 Å². The highest BCUT2D eigenvalue weighted by Gasteiger charge is 2.34. The van der Waals surface area contributed by atoms with E-state index in [0.29, 0.717) is 24.9 Å². The molecule has 4 nitrogen and oxygen atoms in total. The zero-order valence-corrected chi connectivity index (χ0v) is 13.5. The van der Waals surface area contributed by atoms with Gasteiger partial charge >= 0.3 is 6.61 Å². The summed E-state index contributed by atoms with van der Waals surface area (Å²) in [5.41, 5.74) is -1.09. The van der Waals surface area contributed by atoms with Gasteiger partial charge in [-0.2, -0.15) is 8.78 Å². The topological polar surface area (TPSA) is 52.9 Å². The van der Waals surface area contributed by atoms with Crippen LogP contribution < -0.4 is 4.74 Å². The highest BCUT2D eigenvalue weighted by molar-refractivity contribution is 5.43. The normalized spacial score (nSPS) is 23.1. The average molecular weight is 341 g/mol. The van der Waals surface area contributed by atoms with E-state index in [4.69, 9.17) is 9.16 Å².